The van der Waals surface area contributed by atoms with Gasteiger partial charge in [-0.15, -0.1) is 0 Å². The summed E-state index contributed by atoms with van der Waals surface area (Å²) >= 11 is 0. The molecule has 1 saturated carbocycles. The van der Waals surface area contributed by atoms with Gasteiger partial charge in [0.1, 0.15) is 6.61 Å². The first-order valence-electron chi connectivity index (χ1n) is 6.66. The third kappa shape index (κ3) is 3.33. The average Bonchev–Trinajstić information content (AvgIpc) is 2.86. The van der Waals surface area contributed by atoms with E-state index >= 15 is 0 Å². The van der Waals surface area contributed by atoms with Crippen LogP contribution < -0.4 is 5.32 Å². The predicted molar refractivity (Wildman–Crippen MR) is 71.0 cm³/mol. The van der Waals surface area contributed by atoms with Gasteiger partial charge in [-0.05, 0) is 37.9 Å². The molecule has 2 atom stereocenters. The van der Waals surface area contributed by atoms with Crippen molar-refractivity contribution in [2.75, 3.05) is 13.6 Å². The van der Waals surface area contributed by atoms with Crippen LogP contribution in [0.3, 0.4) is 0 Å². The molecule has 0 radical (unpaired) electrons. The molecule has 1 aliphatic rings. The van der Waals surface area contributed by atoms with Crippen molar-refractivity contribution in [2.45, 2.75) is 25.9 Å². The van der Waals surface area contributed by atoms with Gasteiger partial charge in [0, 0.05) is 0 Å². The molecule has 0 bridgehead atoms. The first-order chi connectivity index (χ1) is 8.81. The minimum Gasteiger partial charge on any atom is -0.461 e. The van der Waals surface area contributed by atoms with Crippen LogP contribution in [0.15, 0.2) is 30.3 Å². The van der Waals surface area contributed by atoms with E-state index in [4.69, 9.17) is 4.74 Å². The van der Waals surface area contributed by atoms with Crippen LogP contribution in [0.4, 0.5) is 0 Å². The van der Waals surface area contributed by atoms with Crippen LogP contribution in [0.25, 0.3) is 0 Å². The molecule has 0 spiro atoms. The Hall–Kier alpha value is -1.35. The number of hydrogen-bond acceptors (Lipinski definition) is 3. The highest BCUT2D eigenvalue weighted by atomic mass is 16.5. The first kappa shape index (κ1) is 13.1. The van der Waals surface area contributed by atoms with Crippen molar-refractivity contribution in [3.63, 3.8) is 0 Å². The molecule has 1 aromatic carbocycles. The number of carbonyl (C=O) groups is 1. The Kier molecular flexibility index (Phi) is 4.76. The largest absolute Gasteiger partial charge is 0.461 e. The van der Waals surface area contributed by atoms with E-state index < -0.39 is 0 Å². The minimum atomic E-state index is -0.0309. The summed E-state index contributed by atoms with van der Waals surface area (Å²) in [4.78, 5) is 12.1. The van der Waals surface area contributed by atoms with Crippen LogP contribution >= 0.6 is 0 Å². The topological polar surface area (TPSA) is 38.3 Å². The summed E-state index contributed by atoms with van der Waals surface area (Å²) < 4.78 is 5.42. The van der Waals surface area contributed by atoms with Gasteiger partial charge in [-0.1, -0.05) is 36.8 Å². The van der Waals surface area contributed by atoms with Crippen molar-refractivity contribution in [3.8, 4) is 0 Å². The summed E-state index contributed by atoms with van der Waals surface area (Å²) in [7, 11) is 1.94. The Morgan fingerprint density at radius 2 is 2.11 bits per heavy atom. The normalized spacial score (nSPS) is 22.9. The van der Waals surface area contributed by atoms with Crippen LogP contribution in [0, 0.1) is 11.8 Å². The second-order valence-corrected chi connectivity index (χ2v) is 4.95. The molecule has 1 fully saturated rings. The van der Waals surface area contributed by atoms with E-state index in [2.05, 4.69) is 5.32 Å². The molecule has 1 aromatic rings. The first-order valence-corrected chi connectivity index (χ1v) is 6.66. The highest BCUT2D eigenvalue weighted by Crippen LogP contribution is 2.32. The summed E-state index contributed by atoms with van der Waals surface area (Å²) in [5.74, 6) is 0.496. The van der Waals surface area contributed by atoms with Crippen LogP contribution in [-0.4, -0.2) is 19.6 Å². The van der Waals surface area contributed by atoms with Crippen molar-refractivity contribution < 1.29 is 9.53 Å². The van der Waals surface area contributed by atoms with Gasteiger partial charge >= 0.3 is 5.97 Å². The molecule has 0 aliphatic heterocycles. The van der Waals surface area contributed by atoms with Crippen LogP contribution in [0.1, 0.15) is 24.8 Å². The number of esters is 1. The molecular formula is C15H21NO2. The Morgan fingerprint density at radius 3 is 2.83 bits per heavy atom. The maximum absolute atomic E-state index is 12.1. The number of benzene rings is 1. The average molecular weight is 247 g/mol. The summed E-state index contributed by atoms with van der Waals surface area (Å²) in [6.07, 6.45) is 3.24. The molecule has 1 unspecified atom stereocenters. The molecule has 2 rings (SSSR count). The molecule has 0 saturated heterocycles. The monoisotopic (exact) mass is 247 g/mol. The molecule has 0 heterocycles. The van der Waals surface area contributed by atoms with Gasteiger partial charge in [0.25, 0.3) is 0 Å². The van der Waals surface area contributed by atoms with Gasteiger partial charge < -0.3 is 10.1 Å². The van der Waals surface area contributed by atoms with E-state index in [1.165, 1.54) is 0 Å². The summed E-state index contributed by atoms with van der Waals surface area (Å²) in [6.45, 7) is 1.30. The maximum Gasteiger partial charge on any atom is 0.309 e. The standard InChI is InChI=1S/C15H21NO2/c1-16-10-13-8-5-9-14(13)15(17)18-11-12-6-3-2-4-7-12/h2-4,6-7,13-14,16H,5,8-11H2,1H3/t13-,14?/m0/s1. The van der Waals surface area contributed by atoms with Crippen LogP contribution in [0.2, 0.25) is 0 Å². The lowest BCUT2D eigenvalue weighted by Gasteiger charge is -2.17. The van der Waals surface area contributed by atoms with Crippen molar-refractivity contribution in [2.24, 2.45) is 11.8 Å². The van der Waals surface area contributed by atoms with Crippen molar-refractivity contribution in [1.82, 2.24) is 5.32 Å². The predicted octanol–water partition coefficient (Wildman–Crippen LogP) is 2.37. The maximum atomic E-state index is 12.1. The zero-order valence-corrected chi connectivity index (χ0v) is 10.9. The molecule has 3 heteroatoms. The van der Waals surface area contributed by atoms with Crippen LogP contribution in [0.5, 0.6) is 0 Å². The second-order valence-electron chi connectivity index (χ2n) is 4.95. The fourth-order valence-corrected chi connectivity index (χ4v) is 2.69. The Bertz CT molecular complexity index is 377. The molecular weight excluding hydrogens is 226 g/mol. The van der Waals surface area contributed by atoms with E-state index in [-0.39, 0.29) is 11.9 Å². The van der Waals surface area contributed by atoms with Crippen LogP contribution in [-0.2, 0) is 16.1 Å². The van der Waals surface area contributed by atoms with E-state index in [1.807, 2.05) is 37.4 Å². The minimum absolute atomic E-state index is 0.0309. The van der Waals surface area contributed by atoms with E-state index in [0.29, 0.717) is 12.5 Å². The van der Waals surface area contributed by atoms with Gasteiger partial charge in [0.2, 0.25) is 0 Å². The Morgan fingerprint density at radius 1 is 1.33 bits per heavy atom. The van der Waals surface area contributed by atoms with Gasteiger partial charge in [0.05, 0.1) is 5.92 Å². The number of hydrogen-bond donors (Lipinski definition) is 1. The lowest BCUT2D eigenvalue weighted by atomic mass is 9.96. The lowest BCUT2D eigenvalue weighted by molar-refractivity contribution is -0.151. The number of carbonyl (C=O) groups excluding carboxylic acids is 1. The Balaban J connectivity index is 1.84. The van der Waals surface area contributed by atoms with Gasteiger partial charge in [-0.2, -0.15) is 0 Å². The van der Waals surface area contributed by atoms with Gasteiger partial charge in [-0.25, -0.2) is 0 Å². The fourth-order valence-electron chi connectivity index (χ4n) is 2.69. The SMILES string of the molecule is CNC[C@@H]1CCCC1C(=O)OCc1ccccc1. The van der Waals surface area contributed by atoms with Crippen molar-refractivity contribution >= 4 is 5.97 Å². The highest BCUT2D eigenvalue weighted by molar-refractivity contribution is 5.73. The lowest BCUT2D eigenvalue weighted by Crippen LogP contribution is -2.28. The second kappa shape index (κ2) is 6.55. The van der Waals surface area contributed by atoms with E-state index in [1.54, 1.807) is 0 Å². The van der Waals surface area contributed by atoms with Crippen molar-refractivity contribution in [3.05, 3.63) is 35.9 Å². The van der Waals surface area contributed by atoms with Crippen molar-refractivity contribution in [1.29, 1.82) is 0 Å². The third-order valence-electron chi connectivity index (χ3n) is 3.65. The molecule has 0 aromatic heterocycles. The fraction of sp³-hybridized carbons (Fsp3) is 0.533. The molecule has 1 N–H and O–H groups in total. The number of ether oxygens (including phenoxy) is 1. The summed E-state index contributed by atoms with van der Waals surface area (Å²) in [5.41, 5.74) is 1.05. The Labute approximate surface area is 109 Å². The smallest absolute Gasteiger partial charge is 0.309 e. The summed E-state index contributed by atoms with van der Waals surface area (Å²) in [5, 5.41) is 3.16. The molecule has 18 heavy (non-hydrogen) atoms. The molecule has 1 aliphatic carbocycles. The third-order valence-corrected chi connectivity index (χ3v) is 3.65. The van der Waals surface area contributed by atoms with E-state index in [9.17, 15) is 4.79 Å². The summed E-state index contributed by atoms with van der Waals surface area (Å²) in [6, 6.07) is 9.84. The quantitative estimate of drug-likeness (QED) is 0.812. The molecule has 3 nitrogen and oxygen atoms in total. The number of rotatable bonds is 5. The zero-order valence-electron chi connectivity index (χ0n) is 10.9. The zero-order chi connectivity index (χ0) is 12.8. The van der Waals surface area contributed by atoms with E-state index in [0.717, 1.165) is 31.4 Å². The highest BCUT2D eigenvalue weighted by Gasteiger charge is 2.33. The molecule has 98 valence electrons. The number of nitrogens with one attached hydrogen (secondary N) is 1. The molecule has 0 amide bonds. The van der Waals surface area contributed by atoms with Gasteiger partial charge in [-0.3, -0.25) is 4.79 Å². The van der Waals surface area contributed by atoms with Gasteiger partial charge in [0.15, 0.2) is 0 Å².